The number of methoxy groups -OCH3 is 1. The second-order valence-electron chi connectivity index (χ2n) is 7.49. The van der Waals surface area contributed by atoms with Gasteiger partial charge in [-0.3, -0.25) is 4.79 Å². The highest BCUT2D eigenvalue weighted by atomic mass is 16.5. The number of hydrogen-bond acceptors (Lipinski definition) is 4. The Morgan fingerprint density at radius 2 is 1.93 bits per heavy atom. The van der Waals surface area contributed by atoms with Crippen LogP contribution in [0.25, 0.3) is 10.9 Å². The molecule has 1 aromatic carbocycles. The second kappa shape index (κ2) is 8.15. The fraction of sp³-hybridized carbons (Fsp3) is 0.391. The Balaban J connectivity index is 1.61. The van der Waals surface area contributed by atoms with Crippen molar-refractivity contribution in [3.05, 3.63) is 53.3 Å². The lowest BCUT2D eigenvalue weighted by molar-refractivity contribution is -0.128. The van der Waals surface area contributed by atoms with Crippen LogP contribution in [0.5, 0.6) is 11.6 Å². The number of pyridine rings is 1. The first-order valence-electron chi connectivity index (χ1n) is 10.1. The van der Waals surface area contributed by atoms with E-state index in [0.717, 1.165) is 36.2 Å². The molecule has 0 N–H and O–H groups in total. The molecule has 1 aliphatic rings. The highest BCUT2D eigenvalue weighted by molar-refractivity contribution is 5.89. The van der Waals surface area contributed by atoms with Crippen molar-refractivity contribution in [3.63, 3.8) is 0 Å². The number of nitrogens with zero attached hydrogens (tertiary/aromatic N) is 3. The van der Waals surface area contributed by atoms with E-state index in [2.05, 4.69) is 35.5 Å². The third kappa shape index (κ3) is 3.79. The van der Waals surface area contributed by atoms with Gasteiger partial charge in [0.1, 0.15) is 17.9 Å². The molecule has 1 aliphatic heterocycles. The van der Waals surface area contributed by atoms with Gasteiger partial charge in [-0.1, -0.05) is 12.1 Å². The molecule has 6 heteroatoms. The number of fused-ring (bicyclic) bond motifs is 1. The molecule has 0 atom stereocenters. The van der Waals surface area contributed by atoms with Gasteiger partial charge in [-0.2, -0.15) is 0 Å². The fourth-order valence-electron chi connectivity index (χ4n) is 3.97. The van der Waals surface area contributed by atoms with Crippen LogP contribution in [-0.4, -0.2) is 47.2 Å². The number of aryl methyl sites for hydroxylation is 1. The van der Waals surface area contributed by atoms with E-state index >= 15 is 0 Å². The predicted octanol–water partition coefficient (Wildman–Crippen LogP) is 3.71. The monoisotopic (exact) mass is 393 g/mol. The van der Waals surface area contributed by atoms with Gasteiger partial charge in [-0.25, -0.2) is 4.98 Å². The zero-order valence-electron chi connectivity index (χ0n) is 17.3. The van der Waals surface area contributed by atoms with E-state index in [-0.39, 0.29) is 5.91 Å². The smallest absolute Gasteiger partial charge is 0.238 e. The molecule has 0 bridgehead atoms. The van der Waals surface area contributed by atoms with Crippen LogP contribution in [0.3, 0.4) is 0 Å². The molecule has 3 aromatic rings. The molecule has 0 spiro atoms. The summed E-state index contributed by atoms with van der Waals surface area (Å²) in [6, 6.07) is 10.2. The summed E-state index contributed by atoms with van der Waals surface area (Å²) in [5.41, 5.74) is 4.62. The number of carbonyl (C=O) groups excluding carboxylic acids is 1. The van der Waals surface area contributed by atoms with Crippen LogP contribution in [0, 0.1) is 13.8 Å². The van der Waals surface area contributed by atoms with Crippen LogP contribution in [0.15, 0.2) is 36.5 Å². The number of hydrogen-bond donors (Lipinski definition) is 0. The summed E-state index contributed by atoms with van der Waals surface area (Å²) in [4.78, 5) is 18.2. The molecule has 0 unspecified atom stereocenters. The summed E-state index contributed by atoms with van der Waals surface area (Å²) in [6.45, 7) is 6.87. The molecule has 1 amide bonds. The van der Waals surface area contributed by atoms with Crippen LogP contribution in [0.4, 0.5) is 0 Å². The maximum absolute atomic E-state index is 11.8. The molecule has 29 heavy (non-hydrogen) atoms. The number of benzene rings is 1. The second-order valence-corrected chi connectivity index (χ2v) is 7.49. The summed E-state index contributed by atoms with van der Waals surface area (Å²) >= 11 is 0. The molecule has 1 saturated heterocycles. The van der Waals surface area contributed by atoms with Crippen molar-refractivity contribution in [3.8, 4) is 11.6 Å². The largest absolute Gasteiger partial charge is 0.497 e. The number of ether oxygens (including phenoxy) is 2. The third-order valence-corrected chi connectivity index (χ3v) is 5.78. The molecular formula is C23H27N3O3. The Morgan fingerprint density at radius 3 is 2.62 bits per heavy atom. The number of likely N-dealkylation sites (tertiary alicyclic amines) is 1. The first-order valence-corrected chi connectivity index (χ1v) is 10.1. The van der Waals surface area contributed by atoms with E-state index in [0.29, 0.717) is 25.5 Å². The van der Waals surface area contributed by atoms with Crippen molar-refractivity contribution in [1.82, 2.24) is 14.5 Å². The SMILES string of the molecule is COc1ccc(Cn2c(C)c(C)c3ccnc(OCCN4CCCC4=O)c32)cc1. The van der Waals surface area contributed by atoms with Crippen molar-refractivity contribution in [2.75, 3.05) is 26.8 Å². The van der Waals surface area contributed by atoms with E-state index in [1.54, 1.807) is 13.3 Å². The van der Waals surface area contributed by atoms with Crippen molar-refractivity contribution in [2.24, 2.45) is 0 Å². The van der Waals surface area contributed by atoms with Gasteiger partial charge in [0.2, 0.25) is 11.8 Å². The standard InChI is InChI=1S/C23H27N3O3/c1-16-17(2)26(15-18-6-8-19(28-3)9-7-18)22-20(16)10-11-24-23(22)29-14-13-25-12-4-5-21(25)27/h6-11H,4-5,12-15H2,1-3H3. The first-order chi connectivity index (χ1) is 14.1. The fourth-order valence-corrected chi connectivity index (χ4v) is 3.97. The van der Waals surface area contributed by atoms with Crippen molar-refractivity contribution in [1.29, 1.82) is 0 Å². The van der Waals surface area contributed by atoms with E-state index in [9.17, 15) is 4.79 Å². The maximum atomic E-state index is 11.8. The maximum Gasteiger partial charge on any atom is 0.238 e. The quantitative estimate of drug-likeness (QED) is 0.614. The zero-order valence-corrected chi connectivity index (χ0v) is 17.3. The highest BCUT2D eigenvalue weighted by Crippen LogP contribution is 2.31. The minimum absolute atomic E-state index is 0.217. The van der Waals surface area contributed by atoms with Gasteiger partial charge in [-0.05, 0) is 49.6 Å². The lowest BCUT2D eigenvalue weighted by Crippen LogP contribution is -2.29. The van der Waals surface area contributed by atoms with E-state index in [1.807, 2.05) is 23.1 Å². The summed E-state index contributed by atoms with van der Waals surface area (Å²) in [6.07, 6.45) is 3.38. The Labute approximate surface area is 171 Å². The summed E-state index contributed by atoms with van der Waals surface area (Å²) < 4.78 is 13.6. The normalized spacial score (nSPS) is 14.0. The van der Waals surface area contributed by atoms with Gasteiger partial charge < -0.3 is 18.9 Å². The summed E-state index contributed by atoms with van der Waals surface area (Å²) in [5, 5.41) is 1.15. The van der Waals surface area contributed by atoms with Gasteiger partial charge in [0.15, 0.2) is 0 Å². The van der Waals surface area contributed by atoms with E-state index < -0.39 is 0 Å². The number of amides is 1. The molecule has 0 radical (unpaired) electrons. The predicted molar refractivity (Wildman–Crippen MR) is 113 cm³/mol. The molecule has 3 heterocycles. The van der Waals surface area contributed by atoms with Crippen molar-refractivity contribution >= 4 is 16.8 Å². The Bertz CT molecular complexity index is 1020. The third-order valence-electron chi connectivity index (χ3n) is 5.78. The summed E-state index contributed by atoms with van der Waals surface area (Å²) in [7, 11) is 1.67. The van der Waals surface area contributed by atoms with Crippen LogP contribution < -0.4 is 9.47 Å². The lowest BCUT2D eigenvalue weighted by Gasteiger charge is -2.16. The van der Waals surface area contributed by atoms with E-state index in [1.165, 1.54) is 16.8 Å². The lowest BCUT2D eigenvalue weighted by atomic mass is 10.2. The molecule has 2 aromatic heterocycles. The molecular weight excluding hydrogens is 366 g/mol. The number of rotatable bonds is 7. The van der Waals surface area contributed by atoms with Gasteiger partial charge >= 0.3 is 0 Å². The topological polar surface area (TPSA) is 56.6 Å². The Kier molecular flexibility index (Phi) is 5.43. The molecule has 0 saturated carbocycles. The van der Waals surface area contributed by atoms with Crippen LogP contribution >= 0.6 is 0 Å². The average Bonchev–Trinajstić information content (AvgIpc) is 3.25. The zero-order chi connectivity index (χ0) is 20.4. The van der Waals surface area contributed by atoms with Crippen LogP contribution in [0.2, 0.25) is 0 Å². The molecule has 0 aliphatic carbocycles. The van der Waals surface area contributed by atoms with Gasteiger partial charge in [0, 0.05) is 36.8 Å². The Morgan fingerprint density at radius 1 is 1.14 bits per heavy atom. The van der Waals surface area contributed by atoms with Gasteiger partial charge in [0.05, 0.1) is 13.7 Å². The Hall–Kier alpha value is -3.02. The first kappa shape index (κ1) is 19.3. The minimum atomic E-state index is 0.217. The molecule has 152 valence electrons. The molecule has 6 nitrogen and oxygen atoms in total. The van der Waals surface area contributed by atoms with Crippen LogP contribution in [0.1, 0.15) is 29.7 Å². The van der Waals surface area contributed by atoms with Crippen LogP contribution in [-0.2, 0) is 11.3 Å². The number of carbonyl (C=O) groups is 1. The number of aromatic nitrogens is 2. The van der Waals surface area contributed by atoms with Crippen molar-refractivity contribution < 1.29 is 14.3 Å². The molecule has 1 fully saturated rings. The minimum Gasteiger partial charge on any atom is -0.497 e. The molecule has 4 rings (SSSR count). The average molecular weight is 393 g/mol. The van der Waals surface area contributed by atoms with Gasteiger partial charge in [0.25, 0.3) is 0 Å². The van der Waals surface area contributed by atoms with Crippen molar-refractivity contribution in [2.45, 2.75) is 33.2 Å². The van der Waals surface area contributed by atoms with E-state index in [4.69, 9.17) is 9.47 Å². The summed E-state index contributed by atoms with van der Waals surface area (Å²) in [5.74, 6) is 1.69. The van der Waals surface area contributed by atoms with Gasteiger partial charge in [-0.15, -0.1) is 0 Å². The highest BCUT2D eigenvalue weighted by Gasteiger charge is 2.21.